The van der Waals surface area contributed by atoms with Gasteiger partial charge in [0.1, 0.15) is 17.7 Å². The van der Waals surface area contributed by atoms with E-state index in [4.69, 9.17) is 9.73 Å². The molecular weight excluding hydrogens is 621 g/mol. The number of aliphatic imine (C=N–C) groups is 1. The summed E-state index contributed by atoms with van der Waals surface area (Å²) in [4.78, 5) is 5.39. The van der Waals surface area contributed by atoms with E-state index < -0.39 is 5.41 Å². The number of rotatable bonds is 6. The lowest BCUT2D eigenvalue weighted by Crippen LogP contribution is -2.42. The molecule has 2 heterocycles. The molecule has 51 heavy (non-hydrogen) atoms. The van der Waals surface area contributed by atoms with Gasteiger partial charge in [-0.3, -0.25) is 4.99 Å². The fourth-order valence-electron chi connectivity index (χ4n) is 8.85. The predicted octanol–water partition coefficient (Wildman–Crippen LogP) is 11.2. The predicted molar refractivity (Wildman–Crippen MR) is 210 cm³/mol. The summed E-state index contributed by atoms with van der Waals surface area (Å²) in [5, 5.41) is 3.92. The highest BCUT2D eigenvalue weighted by atomic mass is 16.5. The summed E-state index contributed by atoms with van der Waals surface area (Å²) in [7, 11) is 0. The van der Waals surface area contributed by atoms with Crippen LogP contribution in [0.3, 0.4) is 0 Å². The molecule has 0 radical (unpaired) electrons. The number of fused-ring (bicyclic) bond motifs is 2. The molecule has 4 aromatic rings. The van der Waals surface area contributed by atoms with Crippen molar-refractivity contribution in [2.75, 3.05) is 0 Å². The zero-order valence-electron chi connectivity index (χ0n) is 29.0. The number of benzene rings is 4. The first-order valence-corrected chi connectivity index (χ1v) is 18.3. The molecule has 3 unspecified atom stereocenters. The number of nitrogens with zero attached hydrogens (tertiary/aromatic N) is 1. The minimum atomic E-state index is -0.514. The molecule has 9 rings (SSSR count). The van der Waals surface area contributed by atoms with Gasteiger partial charge in [-0.1, -0.05) is 165 Å². The largest absolute Gasteiger partial charge is 0.457 e. The lowest BCUT2D eigenvalue weighted by molar-refractivity contribution is 0.349. The summed E-state index contributed by atoms with van der Waals surface area (Å²) in [6, 6.07) is 37.3. The van der Waals surface area contributed by atoms with Gasteiger partial charge >= 0.3 is 0 Å². The first-order valence-electron chi connectivity index (χ1n) is 18.3. The highest BCUT2D eigenvalue weighted by Crippen LogP contribution is 2.59. The summed E-state index contributed by atoms with van der Waals surface area (Å²) in [5.74, 6) is 1.91. The van der Waals surface area contributed by atoms with Gasteiger partial charge in [-0.2, -0.15) is 0 Å². The highest BCUT2D eigenvalue weighted by Gasteiger charge is 2.51. The maximum atomic E-state index is 6.66. The van der Waals surface area contributed by atoms with Gasteiger partial charge in [0, 0.05) is 45.3 Å². The monoisotopic (exact) mass is 662 g/mol. The van der Waals surface area contributed by atoms with Crippen molar-refractivity contribution in [3.63, 3.8) is 0 Å². The third-order valence-corrected chi connectivity index (χ3v) is 11.3. The molecule has 4 atom stereocenters. The topological polar surface area (TPSA) is 33.6 Å². The molecule has 0 saturated heterocycles. The molecule has 3 heteroatoms. The molecule has 250 valence electrons. The zero-order chi connectivity index (χ0) is 34.3. The Kier molecular flexibility index (Phi) is 7.92. The number of hydrogen-bond acceptors (Lipinski definition) is 3. The molecule has 0 bridgehead atoms. The summed E-state index contributed by atoms with van der Waals surface area (Å²) >= 11 is 0. The standard InChI is InChI=1S/C48H42N2O/c1-47(31-17-4-18-32-47)45-33-42(49-46(50-45)34-19-5-2-6-20-34)38-25-10-9-23-36(38)37-24-11-12-26-39(37)48(35-21-7-3-8-22-35)40-27-13-15-29-43(40)51-44-30-16-14-28-41(44)48/h3-5,7-31,33,37,39,46,49H,2,6,32H2,1H3/t37?,39?,46?,47-/m1/s1. The Balaban J connectivity index is 1.23. The average molecular weight is 663 g/mol. The van der Waals surface area contributed by atoms with E-state index in [1.54, 1.807) is 0 Å². The van der Waals surface area contributed by atoms with E-state index in [0.29, 0.717) is 0 Å². The van der Waals surface area contributed by atoms with Crippen molar-refractivity contribution >= 4 is 11.4 Å². The summed E-state index contributed by atoms with van der Waals surface area (Å²) < 4.78 is 6.66. The molecule has 4 aromatic carbocycles. The Labute approximate surface area is 301 Å². The van der Waals surface area contributed by atoms with E-state index in [1.165, 1.54) is 33.4 Å². The molecule has 0 fully saturated rings. The smallest absolute Gasteiger partial charge is 0.144 e. The molecule has 5 aliphatic rings. The summed E-state index contributed by atoms with van der Waals surface area (Å²) in [6.45, 7) is 2.31. The summed E-state index contributed by atoms with van der Waals surface area (Å²) in [6.07, 6.45) is 30.3. The molecule has 0 amide bonds. The third-order valence-electron chi connectivity index (χ3n) is 11.3. The van der Waals surface area contributed by atoms with Crippen molar-refractivity contribution in [3.05, 3.63) is 209 Å². The Morgan fingerprint density at radius 2 is 1.45 bits per heavy atom. The lowest BCUT2D eigenvalue weighted by Gasteiger charge is -2.48. The van der Waals surface area contributed by atoms with E-state index in [2.05, 4.69) is 188 Å². The fraction of sp³-hybridized carbons (Fsp3) is 0.188. The second-order valence-electron chi connectivity index (χ2n) is 14.4. The molecule has 2 aliphatic heterocycles. The second kappa shape index (κ2) is 12.9. The van der Waals surface area contributed by atoms with E-state index in [9.17, 15) is 0 Å². The van der Waals surface area contributed by atoms with Crippen LogP contribution in [0.2, 0.25) is 0 Å². The van der Waals surface area contributed by atoms with Gasteiger partial charge in [0.15, 0.2) is 0 Å². The van der Waals surface area contributed by atoms with Gasteiger partial charge in [-0.05, 0) is 54.2 Å². The number of para-hydroxylation sites is 2. The van der Waals surface area contributed by atoms with Gasteiger partial charge in [0.2, 0.25) is 0 Å². The maximum absolute atomic E-state index is 6.66. The number of allylic oxidation sites excluding steroid dienone is 11. The molecule has 3 nitrogen and oxygen atoms in total. The number of ether oxygens (including phenoxy) is 1. The Morgan fingerprint density at radius 1 is 0.725 bits per heavy atom. The van der Waals surface area contributed by atoms with Crippen LogP contribution in [0.25, 0.3) is 5.70 Å². The van der Waals surface area contributed by atoms with E-state index in [0.717, 1.165) is 42.2 Å². The van der Waals surface area contributed by atoms with Gasteiger partial charge in [-0.15, -0.1) is 0 Å². The lowest BCUT2D eigenvalue weighted by atomic mass is 9.55. The van der Waals surface area contributed by atoms with Gasteiger partial charge in [-0.25, -0.2) is 0 Å². The first kappa shape index (κ1) is 31.3. The van der Waals surface area contributed by atoms with Gasteiger partial charge in [0.05, 0.1) is 5.41 Å². The van der Waals surface area contributed by atoms with Crippen molar-refractivity contribution in [2.45, 2.75) is 43.7 Å². The molecule has 1 N–H and O–H groups in total. The normalized spacial score (nSPS) is 25.4. The van der Waals surface area contributed by atoms with Gasteiger partial charge < -0.3 is 10.1 Å². The van der Waals surface area contributed by atoms with Gasteiger partial charge in [0.25, 0.3) is 0 Å². The molecule has 0 spiro atoms. The van der Waals surface area contributed by atoms with Crippen molar-refractivity contribution < 1.29 is 4.74 Å². The molecule has 3 aliphatic carbocycles. The summed E-state index contributed by atoms with van der Waals surface area (Å²) in [5.41, 5.74) is 8.89. The van der Waals surface area contributed by atoms with Crippen molar-refractivity contribution in [1.29, 1.82) is 0 Å². The van der Waals surface area contributed by atoms with Crippen LogP contribution in [-0.2, 0) is 5.41 Å². The van der Waals surface area contributed by atoms with Crippen LogP contribution in [0.5, 0.6) is 11.5 Å². The number of nitrogens with one attached hydrogen (secondary N) is 1. The SMILES string of the molecule is C[C@@]1(C2=NC(C3=CCCC=C3)NC(c3ccccc3C3C=CC=CC3C3(c4ccccc4)c4ccccc4Oc4ccccc43)=C2)C=CC=CC1. The van der Waals surface area contributed by atoms with Crippen molar-refractivity contribution in [2.24, 2.45) is 16.3 Å². The molecule has 0 aromatic heterocycles. The van der Waals surface area contributed by atoms with Crippen LogP contribution < -0.4 is 10.1 Å². The molecular formula is C48H42N2O. The van der Waals surface area contributed by atoms with Crippen LogP contribution in [0.15, 0.2) is 187 Å². The quantitative estimate of drug-likeness (QED) is 0.223. The first-order chi connectivity index (χ1) is 25.1. The van der Waals surface area contributed by atoms with Crippen LogP contribution in [0.1, 0.15) is 59.9 Å². The molecule has 0 saturated carbocycles. The minimum Gasteiger partial charge on any atom is -0.457 e. The van der Waals surface area contributed by atoms with Crippen LogP contribution in [0.4, 0.5) is 0 Å². The Morgan fingerprint density at radius 3 is 2.20 bits per heavy atom. The fourth-order valence-corrected chi connectivity index (χ4v) is 8.85. The van der Waals surface area contributed by atoms with E-state index in [-0.39, 0.29) is 23.4 Å². The van der Waals surface area contributed by atoms with E-state index in [1.807, 2.05) is 0 Å². The Bertz CT molecular complexity index is 2180. The number of hydrogen-bond donors (Lipinski definition) is 1. The third kappa shape index (κ3) is 5.31. The van der Waals surface area contributed by atoms with E-state index >= 15 is 0 Å². The highest BCUT2D eigenvalue weighted by molar-refractivity contribution is 6.07. The van der Waals surface area contributed by atoms with Crippen molar-refractivity contribution in [1.82, 2.24) is 5.32 Å². The van der Waals surface area contributed by atoms with Crippen LogP contribution in [0, 0.1) is 11.3 Å². The van der Waals surface area contributed by atoms with Crippen LogP contribution in [-0.4, -0.2) is 11.9 Å². The average Bonchev–Trinajstić information content (AvgIpc) is 3.21. The minimum absolute atomic E-state index is 0.0401. The van der Waals surface area contributed by atoms with Crippen molar-refractivity contribution in [3.8, 4) is 11.5 Å². The Hall–Kier alpha value is -5.67. The zero-order valence-corrected chi connectivity index (χ0v) is 29.0. The second-order valence-corrected chi connectivity index (χ2v) is 14.4. The maximum Gasteiger partial charge on any atom is 0.144 e. The van der Waals surface area contributed by atoms with Crippen LogP contribution >= 0.6 is 0 Å².